The van der Waals surface area contributed by atoms with Gasteiger partial charge in [0.1, 0.15) is 18.0 Å². The van der Waals surface area contributed by atoms with E-state index in [9.17, 15) is 8.42 Å². The normalized spacial score (nSPS) is 23.6. The first-order chi connectivity index (χ1) is 12.3. The van der Waals surface area contributed by atoms with Crippen molar-refractivity contribution in [3.63, 3.8) is 0 Å². The number of hydrogen-bond donors (Lipinski definition) is 0. The molecule has 0 aromatic carbocycles. The second-order valence-electron chi connectivity index (χ2n) is 7.39. The van der Waals surface area contributed by atoms with Gasteiger partial charge in [-0.3, -0.25) is 0 Å². The standard InChI is InChI=1S/C17H24N6O2S/c1-11-12(2)18-10-19-17(11)22-5-14-7-23(8-15(14)6-22)26(24,25)16-9-21(4)13(3)20-16/h9-10,14-15H,5-8H2,1-4H3. The number of rotatable bonds is 3. The molecule has 0 N–H and O–H groups in total. The molecule has 8 nitrogen and oxygen atoms in total. The predicted octanol–water partition coefficient (Wildman–Crippen LogP) is 0.892. The molecule has 0 radical (unpaired) electrons. The Balaban J connectivity index is 1.51. The van der Waals surface area contributed by atoms with Gasteiger partial charge in [-0.25, -0.2) is 23.4 Å². The maximum Gasteiger partial charge on any atom is 0.262 e. The molecule has 140 valence electrons. The van der Waals surface area contributed by atoms with E-state index in [-0.39, 0.29) is 5.03 Å². The molecule has 2 fully saturated rings. The van der Waals surface area contributed by atoms with Gasteiger partial charge in [-0.2, -0.15) is 4.31 Å². The fourth-order valence-corrected chi connectivity index (χ4v) is 5.53. The summed E-state index contributed by atoms with van der Waals surface area (Å²) in [5, 5.41) is 0.150. The van der Waals surface area contributed by atoms with E-state index in [1.54, 1.807) is 21.4 Å². The molecule has 2 aromatic heterocycles. The summed E-state index contributed by atoms with van der Waals surface area (Å²) in [6.07, 6.45) is 3.20. The Morgan fingerprint density at radius 3 is 2.27 bits per heavy atom. The number of aromatic nitrogens is 4. The van der Waals surface area contributed by atoms with Crippen molar-refractivity contribution in [1.29, 1.82) is 0 Å². The minimum Gasteiger partial charge on any atom is -0.356 e. The first-order valence-electron chi connectivity index (χ1n) is 8.80. The number of sulfonamides is 1. The maximum absolute atomic E-state index is 12.9. The third kappa shape index (κ3) is 2.69. The lowest BCUT2D eigenvalue weighted by atomic mass is 10.0. The van der Waals surface area contributed by atoms with E-state index < -0.39 is 10.0 Å². The molecule has 0 aliphatic carbocycles. The zero-order valence-corrected chi connectivity index (χ0v) is 16.4. The maximum atomic E-state index is 12.9. The molecule has 4 rings (SSSR count). The van der Waals surface area contributed by atoms with E-state index >= 15 is 0 Å². The number of imidazole rings is 1. The first-order valence-corrected chi connectivity index (χ1v) is 10.2. The van der Waals surface area contributed by atoms with Crippen LogP contribution >= 0.6 is 0 Å². The van der Waals surface area contributed by atoms with Gasteiger partial charge >= 0.3 is 0 Å². The zero-order chi connectivity index (χ0) is 18.6. The lowest BCUT2D eigenvalue weighted by Gasteiger charge is -2.23. The van der Waals surface area contributed by atoms with Crippen LogP contribution in [0.1, 0.15) is 17.1 Å². The van der Waals surface area contributed by atoms with Gasteiger partial charge in [0.05, 0.1) is 0 Å². The molecule has 2 aromatic rings. The van der Waals surface area contributed by atoms with Crippen LogP contribution in [-0.4, -0.2) is 58.4 Å². The third-order valence-electron chi connectivity index (χ3n) is 5.75. The topological polar surface area (TPSA) is 84.2 Å². The Kier molecular flexibility index (Phi) is 4.03. The molecule has 9 heteroatoms. The molecule has 0 spiro atoms. The van der Waals surface area contributed by atoms with Gasteiger partial charge in [-0.1, -0.05) is 0 Å². The molecule has 26 heavy (non-hydrogen) atoms. The Bertz CT molecular complexity index is 921. The molecular formula is C17H24N6O2S. The summed E-state index contributed by atoms with van der Waals surface area (Å²) in [5.74, 6) is 2.32. The van der Waals surface area contributed by atoms with Crippen molar-refractivity contribution in [2.45, 2.75) is 25.8 Å². The fraction of sp³-hybridized carbons (Fsp3) is 0.588. The molecule has 4 heterocycles. The van der Waals surface area contributed by atoms with Crippen LogP contribution in [0.3, 0.4) is 0 Å². The number of anilines is 1. The van der Waals surface area contributed by atoms with Gasteiger partial charge in [0.25, 0.3) is 10.0 Å². The Morgan fingerprint density at radius 1 is 1.04 bits per heavy atom. The molecule has 2 atom stereocenters. The second-order valence-corrected chi connectivity index (χ2v) is 9.28. The monoisotopic (exact) mass is 376 g/mol. The quantitative estimate of drug-likeness (QED) is 0.791. The van der Waals surface area contributed by atoms with E-state index in [1.165, 1.54) is 0 Å². The van der Waals surface area contributed by atoms with Crippen molar-refractivity contribution in [2.24, 2.45) is 18.9 Å². The third-order valence-corrected chi connectivity index (χ3v) is 7.46. The van der Waals surface area contributed by atoms with Gasteiger partial charge in [0, 0.05) is 50.7 Å². The highest BCUT2D eigenvalue weighted by Crippen LogP contribution is 2.36. The summed E-state index contributed by atoms with van der Waals surface area (Å²) in [7, 11) is -1.71. The van der Waals surface area contributed by atoms with Crippen LogP contribution in [0.5, 0.6) is 0 Å². The number of nitrogens with zero attached hydrogens (tertiary/aromatic N) is 6. The predicted molar refractivity (Wildman–Crippen MR) is 97.4 cm³/mol. The average Bonchev–Trinajstić information content (AvgIpc) is 3.24. The van der Waals surface area contributed by atoms with Crippen molar-refractivity contribution < 1.29 is 8.42 Å². The van der Waals surface area contributed by atoms with Gasteiger partial charge in [-0.05, 0) is 32.6 Å². The van der Waals surface area contributed by atoms with Crippen LogP contribution in [0, 0.1) is 32.6 Å². The van der Waals surface area contributed by atoms with Gasteiger partial charge in [-0.15, -0.1) is 0 Å². The van der Waals surface area contributed by atoms with E-state index in [0.29, 0.717) is 30.7 Å². The van der Waals surface area contributed by atoms with E-state index in [4.69, 9.17) is 0 Å². The largest absolute Gasteiger partial charge is 0.356 e. The lowest BCUT2D eigenvalue weighted by molar-refractivity contribution is 0.450. The van der Waals surface area contributed by atoms with Crippen molar-refractivity contribution in [3.05, 3.63) is 29.6 Å². The van der Waals surface area contributed by atoms with Crippen molar-refractivity contribution in [1.82, 2.24) is 23.8 Å². The van der Waals surface area contributed by atoms with Crippen molar-refractivity contribution in [3.8, 4) is 0 Å². The summed E-state index contributed by atoms with van der Waals surface area (Å²) in [6, 6.07) is 0. The van der Waals surface area contributed by atoms with Crippen molar-refractivity contribution in [2.75, 3.05) is 31.1 Å². The molecule has 2 saturated heterocycles. The highest BCUT2D eigenvalue weighted by molar-refractivity contribution is 7.89. The highest BCUT2D eigenvalue weighted by Gasteiger charge is 2.45. The average molecular weight is 376 g/mol. The van der Waals surface area contributed by atoms with Crippen LogP contribution in [0.4, 0.5) is 5.82 Å². The van der Waals surface area contributed by atoms with Crippen LogP contribution in [-0.2, 0) is 17.1 Å². The summed E-state index contributed by atoms with van der Waals surface area (Å²) in [4.78, 5) is 15.2. The summed E-state index contributed by atoms with van der Waals surface area (Å²) >= 11 is 0. The number of aryl methyl sites for hydroxylation is 3. The van der Waals surface area contributed by atoms with E-state index in [2.05, 4.69) is 19.9 Å². The van der Waals surface area contributed by atoms with Crippen molar-refractivity contribution >= 4 is 15.8 Å². The summed E-state index contributed by atoms with van der Waals surface area (Å²) in [6.45, 7) is 8.58. The molecule has 0 saturated carbocycles. The summed E-state index contributed by atoms with van der Waals surface area (Å²) in [5.41, 5.74) is 2.09. The Labute approximate surface area is 153 Å². The van der Waals surface area contributed by atoms with Gasteiger partial charge in [0.15, 0.2) is 5.03 Å². The second kappa shape index (κ2) is 6.02. The molecule has 0 amide bonds. The minimum absolute atomic E-state index is 0.150. The summed E-state index contributed by atoms with van der Waals surface area (Å²) < 4.78 is 29.1. The lowest BCUT2D eigenvalue weighted by Crippen LogP contribution is -2.34. The van der Waals surface area contributed by atoms with Crippen LogP contribution < -0.4 is 4.90 Å². The highest BCUT2D eigenvalue weighted by atomic mass is 32.2. The number of hydrogen-bond acceptors (Lipinski definition) is 6. The number of fused-ring (bicyclic) bond motifs is 1. The Hall–Kier alpha value is -2.00. The zero-order valence-electron chi connectivity index (χ0n) is 15.5. The first kappa shape index (κ1) is 17.4. The van der Waals surface area contributed by atoms with Crippen LogP contribution in [0.2, 0.25) is 0 Å². The van der Waals surface area contributed by atoms with Gasteiger partial charge in [0.2, 0.25) is 0 Å². The van der Waals surface area contributed by atoms with E-state index in [1.807, 2.05) is 27.8 Å². The molecule has 0 bridgehead atoms. The molecular weight excluding hydrogens is 352 g/mol. The fourth-order valence-electron chi connectivity index (χ4n) is 3.95. The Morgan fingerprint density at radius 2 is 1.69 bits per heavy atom. The van der Waals surface area contributed by atoms with E-state index in [0.717, 1.165) is 30.2 Å². The molecule has 2 aliphatic rings. The molecule has 2 aliphatic heterocycles. The van der Waals surface area contributed by atoms with Crippen LogP contribution in [0.25, 0.3) is 0 Å². The SMILES string of the molecule is Cc1ncnc(N2CC3CN(S(=O)(=O)c4cn(C)c(C)n4)CC3C2)c1C. The minimum atomic E-state index is -3.52. The molecule has 2 unspecified atom stereocenters. The van der Waals surface area contributed by atoms with Crippen LogP contribution in [0.15, 0.2) is 17.6 Å². The van der Waals surface area contributed by atoms with Gasteiger partial charge < -0.3 is 9.47 Å². The smallest absolute Gasteiger partial charge is 0.262 e.